The molecule has 2 rings (SSSR count). The molecule has 1 fully saturated rings. The summed E-state index contributed by atoms with van der Waals surface area (Å²) < 4.78 is 0. The van der Waals surface area contributed by atoms with Crippen LogP contribution in [0.25, 0.3) is 0 Å². The van der Waals surface area contributed by atoms with Gasteiger partial charge in [0.05, 0.1) is 10.7 Å². The third-order valence-corrected chi connectivity index (χ3v) is 5.19. The van der Waals surface area contributed by atoms with Gasteiger partial charge in [-0.1, -0.05) is 24.1 Å². The monoisotopic (exact) mass is 353 g/mol. The first kappa shape index (κ1) is 18.5. The topological polar surface area (TPSA) is 27.3 Å². The second-order valence-corrected chi connectivity index (χ2v) is 7.52. The van der Waals surface area contributed by atoms with Crippen LogP contribution in [0.5, 0.6) is 0 Å². The van der Waals surface area contributed by atoms with Crippen molar-refractivity contribution in [3.8, 4) is 0 Å². The van der Waals surface area contributed by atoms with E-state index in [4.69, 9.17) is 23.8 Å². The second-order valence-electron chi connectivity index (χ2n) is 6.71. The van der Waals surface area contributed by atoms with E-state index in [2.05, 4.69) is 35.4 Å². The number of halogens is 1. The van der Waals surface area contributed by atoms with Crippen molar-refractivity contribution in [1.29, 1.82) is 0 Å². The smallest absolute Gasteiger partial charge is 0.170 e. The molecule has 2 N–H and O–H groups in total. The van der Waals surface area contributed by atoms with Crippen LogP contribution in [0, 0.1) is 13.8 Å². The Hall–Kier alpha value is -0.840. The first-order valence-electron chi connectivity index (χ1n) is 8.46. The summed E-state index contributed by atoms with van der Waals surface area (Å²) in [5, 5.41) is 7.93. The SMILES string of the molecule is Cc1cc(C)c(NC(=S)NC[C@@H](C)N2CCCC[C@H]2C)c(Cl)c1. The number of piperidine rings is 1. The predicted molar refractivity (Wildman–Crippen MR) is 105 cm³/mol. The molecule has 1 aromatic rings. The molecule has 2 atom stereocenters. The Labute approximate surface area is 150 Å². The van der Waals surface area contributed by atoms with Gasteiger partial charge in [-0.05, 0) is 76.5 Å². The van der Waals surface area contributed by atoms with Crippen LogP contribution in [0.2, 0.25) is 5.02 Å². The number of nitrogens with zero attached hydrogens (tertiary/aromatic N) is 1. The highest BCUT2D eigenvalue weighted by Gasteiger charge is 2.23. The maximum atomic E-state index is 6.32. The molecule has 0 radical (unpaired) electrons. The highest BCUT2D eigenvalue weighted by Crippen LogP contribution is 2.27. The van der Waals surface area contributed by atoms with E-state index < -0.39 is 0 Å². The number of nitrogens with one attached hydrogen (secondary N) is 2. The zero-order chi connectivity index (χ0) is 17.0. The molecule has 5 heteroatoms. The maximum Gasteiger partial charge on any atom is 0.170 e. The summed E-state index contributed by atoms with van der Waals surface area (Å²) in [4.78, 5) is 2.57. The Kier molecular flexibility index (Phi) is 6.69. The molecule has 128 valence electrons. The van der Waals surface area contributed by atoms with Crippen molar-refractivity contribution in [1.82, 2.24) is 10.2 Å². The number of benzene rings is 1. The number of anilines is 1. The highest BCUT2D eigenvalue weighted by molar-refractivity contribution is 7.80. The minimum absolute atomic E-state index is 0.472. The fourth-order valence-corrected chi connectivity index (χ4v) is 3.92. The van der Waals surface area contributed by atoms with Crippen molar-refractivity contribution in [3.63, 3.8) is 0 Å². The number of hydrogen-bond donors (Lipinski definition) is 2. The van der Waals surface area contributed by atoms with Gasteiger partial charge in [0.15, 0.2) is 5.11 Å². The van der Waals surface area contributed by atoms with Crippen LogP contribution in [0.1, 0.15) is 44.2 Å². The highest BCUT2D eigenvalue weighted by atomic mass is 35.5. The van der Waals surface area contributed by atoms with Crippen molar-refractivity contribution < 1.29 is 0 Å². The molecule has 0 unspecified atom stereocenters. The van der Waals surface area contributed by atoms with Crippen LogP contribution >= 0.6 is 23.8 Å². The van der Waals surface area contributed by atoms with E-state index in [0.717, 1.165) is 23.4 Å². The summed E-state index contributed by atoms with van der Waals surface area (Å²) in [6.07, 6.45) is 3.95. The lowest BCUT2D eigenvalue weighted by Gasteiger charge is -2.38. The third kappa shape index (κ3) is 5.07. The number of thiocarbonyl (C=S) groups is 1. The molecule has 1 aliphatic rings. The fraction of sp³-hybridized carbons (Fsp3) is 0.611. The molecule has 0 amide bonds. The molecule has 0 aliphatic carbocycles. The number of hydrogen-bond acceptors (Lipinski definition) is 2. The standard InChI is InChI=1S/C18H28ClN3S/c1-12-9-13(2)17(16(19)10-12)21-18(23)20-11-15(4)22-8-6-5-7-14(22)3/h9-10,14-15H,5-8,11H2,1-4H3,(H2,20,21,23)/t14-,15-/m1/s1. The van der Waals surface area contributed by atoms with E-state index in [9.17, 15) is 0 Å². The first-order valence-corrected chi connectivity index (χ1v) is 9.24. The minimum Gasteiger partial charge on any atom is -0.361 e. The van der Waals surface area contributed by atoms with Crippen LogP contribution in [0.15, 0.2) is 12.1 Å². The average Bonchev–Trinajstić information content (AvgIpc) is 2.49. The van der Waals surface area contributed by atoms with Gasteiger partial charge in [-0.3, -0.25) is 4.90 Å². The summed E-state index contributed by atoms with van der Waals surface area (Å²) in [6.45, 7) is 10.7. The molecular weight excluding hydrogens is 326 g/mol. The zero-order valence-corrected chi connectivity index (χ0v) is 16.2. The van der Waals surface area contributed by atoms with E-state index in [1.54, 1.807) is 0 Å². The summed E-state index contributed by atoms with van der Waals surface area (Å²) in [6, 6.07) is 5.20. The van der Waals surface area contributed by atoms with Crippen molar-refractivity contribution in [3.05, 3.63) is 28.3 Å². The van der Waals surface area contributed by atoms with Gasteiger partial charge in [-0.15, -0.1) is 0 Å². The lowest BCUT2D eigenvalue weighted by molar-refractivity contribution is 0.116. The summed E-state index contributed by atoms with van der Waals surface area (Å²) in [5.41, 5.74) is 3.16. The molecule has 1 heterocycles. The lowest BCUT2D eigenvalue weighted by atomic mass is 10.0. The number of rotatable bonds is 4. The molecule has 3 nitrogen and oxygen atoms in total. The quantitative estimate of drug-likeness (QED) is 0.779. The van der Waals surface area contributed by atoms with Crippen LogP contribution in [-0.4, -0.2) is 35.2 Å². The Bertz CT molecular complexity index is 538. The minimum atomic E-state index is 0.472. The van der Waals surface area contributed by atoms with Crippen LogP contribution in [-0.2, 0) is 0 Å². The van der Waals surface area contributed by atoms with Gasteiger partial charge in [0.25, 0.3) is 0 Å². The van der Waals surface area contributed by atoms with E-state index in [-0.39, 0.29) is 0 Å². The van der Waals surface area contributed by atoms with E-state index in [1.807, 2.05) is 19.9 Å². The first-order chi connectivity index (χ1) is 10.9. The van der Waals surface area contributed by atoms with Gasteiger partial charge < -0.3 is 10.6 Å². The molecule has 23 heavy (non-hydrogen) atoms. The number of likely N-dealkylation sites (tertiary alicyclic amines) is 1. The van der Waals surface area contributed by atoms with E-state index in [0.29, 0.717) is 22.2 Å². The Balaban J connectivity index is 1.88. The average molecular weight is 354 g/mol. The molecule has 1 saturated heterocycles. The summed E-state index contributed by atoms with van der Waals surface area (Å²) >= 11 is 11.8. The molecular formula is C18H28ClN3S. The largest absolute Gasteiger partial charge is 0.361 e. The lowest BCUT2D eigenvalue weighted by Crippen LogP contribution is -2.49. The van der Waals surface area contributed by atoms with Crippen molar-refractivity contribution in [2.75, 3.05) is 18.4 Å². The Morgan fingerprint density at radius 2 is 2.13 bits per heavy atom. The van der Waals surface area contributed by atoms with Gasteiger partial charge >= 0.3 is 0 Å². The molecule has 0 aromatic heterocycles. The van der Waals surface area contributed by atoms with Crippen molar-refractivity contribution in [2.45, 2.75) is 59.0 Å². The van der Waals surface area contributed by atoms with Crippen LogP contribution in [0.4, 0.5) is 5.69 Å². The fourth-order valence-electron chi connectivity index (χ4n) is 3.36. The van der Waals surface area contributed by atoms with Crippen molar-refractivity contribution in [2.24, 2.45) is 0 Å². The van der Waals surface area contributed by atoms with Crippen molar-refractivity contribution >= 4 is 34.6 Å². The van der Waals surface area contributed by atoms with E-state index in [1.165, 1.54) is 25.8 Å². The number of aryl methyl sites for hydroxylation is 2. The third-order valence-electron chi connectivity index (χ3n) is 4.65. The Morgan fingerprint density at radius 1 is 1.39 bits per heavy atom. The van der Waals surface area contributed by atoms with E-state index >= 15 is 0 Å². The van der Waals surface area contributed by atoms with Gasteiger partial charge in [0.2, 0.25) is 0 Å². The summed E-state index contributed by atoms with van der Waals surface area (Å²) in [5.74, 6) is 0. The maximum absolute atomic E-state index is 6.32. The van der Waals surface area contributed by atoms with Crippen LogP contribution < -0.4 is 10.6 Å². The normalized spacial score (nSPS) is 20.1. The van der Waals surface area contributed by atoms with Gasteiger partial charge in [0.1, 0.15) is 0 Å². The zero-order valence-electron chi connectivity index (χ0n) is 14.6. The molecule has 0 saturated carbocycles. The van der Waals surface area contributed by atoms with Gasteiger partial charge in [0, 0.05) is 18.6 Å². The summed E-state index contributed by atoms with van der Waals surface area (Å²) in [7, 11) is 0. The molecule has 0 spiro atoms. The Morgan fingerprint density at radius 3 is 2.78 bits per heavy atom. The van der Waals surface area contributed by atoms with Gasteiger partial charge in [-0.25, -0.2) is 0 Å². The molecule has 0 bridgehead atoms. The van der Waals surface area contributed by atoms with Crippen LogP contribution in [0.3, 0.4) is 0 Å². The van der Waals surface area contributed by atoms with Gasteiger partial charge in [-0.2, -0.15) is 0 Å². The molecule has 1 aliphatic heterocycles. The predicted octanol–water partition coefficient (Wildman–Crippen LogP) is 4.51. The molecule has 1 aromatic carbocycles. The second kappa shape index (κ2) is 8.32.